The Bertz CT molecular complexity index is 871. The Balaban J connectivity index is 1.34. The number of fused-ring (bicyclic) bond motifs is 5. The lowest BCUT2D eigenvalue weighted by molar-refractivity contribution is -0.290. The number of hydrogen-bond acceptors (Lipinski definition) is 3. The van der Waals surface area contributed by atoms with Crippen LogP contribution < -0.4 is 0 Å². The number of alkyl halides is 3. The third-order valence-electron chi connectivity index (χ3n) is 10.5. The van der Waals surface area contributed by atoms with Gasteiger partial charge >= 0.3 is 6.18 Å². The Hall–Kier alpha value is -1.37. The van der Waals surface area contributed by atoms with Crippen LogP contribution in [0.4, 0.5) is 13.2 Å². The SMILES string of the molecule is C[C@]12CC[C@](O)(C(F)(F)F)C[C@H]1CC[C@@H]1[C@@H]2CC[C@]2(C)[C@@H](C(=O)Cn3ccnc3)CC[C@@H]12. The first-order valence-corrected chi connectivity index (χ1v) is 12.3. The summed E-state index contributed by atoms with van der Waals surface area (Å²) in [5.41, 5.74) is -2.67. The Morgan fingerprint density at radius 1 is 1.06 bits per heavy atom. The predicted octanol–water partition coefficient (Wildman–Crippen LogP) is 5.40. The van der Waals surface area contributed by atoms with E-state index in [1.807, 2.05) is 10.8 Å². The quantitative estimate of drug-likeness (QED) is 0.668. The summed E-state index contributed by atoms with van der Waals surface area (Å²) in [5, 5.41) is 10.4. The summed E-state index contributed by atoms with van der Waals surface area (Å²) in [5.74, 6) is 1.63. The highest BCUT2D eigenvalue weighted by Gasteiger charge is 2.65. The van der Waals surface area contributed by atoms with Gasteiger partial charge in [0.25, 0.3) is 0 Å². The third kappa shape index (κ3) is 3.20. The summed E-state index contributed by atoms with van der Waals surface area (Å²) in [6.45, 7) is 4.87. The highest BCUT2D eigenvalue weighted by Crippen LogP contribution is 2.68. The van der Waals surface area contributed by atoms with Crippen LogP contribution in [0.1, 0.15) is 71.6 Å². The van der Waals surface area contributed by atoms with E-state index in [0.717, 1.165) is 38.5 Å². The van der Waals surface area contributed by atoms with Crippen LogP contribution >= 0.6 is 0 Å². The van der Waals surface area contributed by atoms with Crippen molar-refractivity contribution in [3.63, 3.8) is 0 Å². The van der Waals surface area contributed by atoms with Crippen LogP contribution in [0.3, 0.4) is 0 Å². The number of Topliss-reactive ketones (excluding diaryl/α,β-unsaturated/α-hetero) is 1. The molecule has 4 aliphatic rings. The van der Waals surface area contributed by atoms with Crippen LogP contribution in [0.5, 0.6) is 0 Å². The Labute approximate surface area is 188 Å². The summed E-state index contributed by atoms with van der Waals surface area (Å²) < 4.78 is 42.5. The van der Waals surface area contributed by atoms with Gasteiger partial charge in [-0.15, -0.1) is 0 Å². The molecule has 1 aromatic heterocycles. The lowest BCUT2D eigenvalue weighted by Gasteiger charge is -2.62. The minimum absolute atomic E-state index is 0.0105. The maximum Gasteiger partial charge on any atom is 0.417 e. The topological polar surface area (TPSA) is 55.1 Å². The molecule has 8 atom stereocenters. The van der Waals surface area contributed by atoms with Gasteiger partial charge in [-0.2, -0.15) is 13.2 Å². The summed E-state index contributed by atoms with van der Waals surface area (Å²) in [7, 11) is 0. The molecule has 0 aliphatic heterocycles. The highest BCUT2D eigenvalue weighted by molar-refractivity contribution is 5.82. The number of imidazole rings is 1. The molecule has 0 bridgehead atoms. The van der Waals surface area contributed by atoms with E-state index in [9.17, 15) is 23.1 Å². The van der Waals surface area contributed by atoms with Gasteiger partial charge in [0.2, 0.25) is 0 Å². The molecule has 7 heteroatoms. The fourth-order valence-corrected chi connectivity index (χ4v) is 8.70. The van der Waals surface area contributed by atoms with Gasteiger partial charge in [0.05, 0.1) is 12.9 Å². The largest absolute Gasteiger partial charge is 0.417 e. The number of carbonyl (C=O) groups is 1. The first kappa shape index (κ1) is 22.4. The lowest BCUT2D eigenvalue weighted by atomic mass is 9.43. The Morgan fingerprint density at radius 3 is 2.50 bits per heavy atom. The molecular formula is C25H35F3N2O2. The predicted molar refractivity (Wildman–Crippen MR) is 113 cm³/mol. The number of nitrogens with zero attached hydrogens (tertiary/aromatic N) is 2. The van der Waals surface area contributed by atoms with E-state index in [2.05, 4.69) is 18.8 Å². The van der Waals surface area contributed by atoms with Crippen LogP contribution in [0, 0.1) is 40.4 Å². The molecule has 0 saturated heterocycles. The van der Waals surface area contributed by atoms with E-state index in [1.54, 1.807) is 12.5 Å². The van der Waals surface area contributed by atoms with Gasteiger partial charge < -0.3 is 9.67 Å². The summed E-state index contributed by atoms with van der Waals surface area (Å²) in [6, 6.07) is 0. The number of hydrogen-bond donors (Lipinski definition) is 1. The zero-order valence-electron chi connectivity index (χ0n) is 19.1. The zero-order valence-corrected chi connectivity index (χ0v) is 19.1. The van der Waals surface area contributed by atoms with E-state index in [4.69, 9.17) is 0 Å². The second-order valence-corrected chi connectivity index (χ2v) is 11.8. The van der Waals surface area contributed by atoms with Gasteiger partial charge in [-0.05, 0) is 92.3 Å². The van der Waals surface area contributed by atoms with Gasteiger partial charge in [0.1, 0.15) is 0 Å². The summed E-state index contributed by atoms with van der Waals surface area (Å²) in [4.78, 5) is 17.3. The van der Waals surface area contributed by atoms with E-state index in [-0.39, 0.29) is 35.5 Å². The fraction of sp³-hybridized carbons (Fsp3) is 0.840. The molecule has 4 nitrogen and oxygen atoms in total. The molecule has 0 unspecified atom stereocenters. The molecule has 32 heavy (non-hydrogen) atoms. The summed E-state index contributed by atoms with van der Waals surface area (Å²) in [6.07, 6.45) is 6.41. The first-order valence-electron chi connectivity index (χ1n) is 12.3. The third-order valence-corrected chi connectivity index (χ3v) is 10.5. The minimum atomic E-state index is -4.55. The normalized spacial score (nSPS) is 46.2. The first-order chi connectivity index (χ1) is 15.0. The van der Waals surface area contributed by atoms with Gasteiger partial charge in [-0.3, -0.25) is 4.79 Å². The molecule has 0 amide bonds. The number of rotatable bonds is 3. The number of aliphatic hydroxyl groups is 1. The van der Waals surface area contributed by atoms with Crippen LogP contribution in [0.2, 0.25) is 0 Å². The Kier molecular flexibility index (Phi) is 5.12. The fourth-order valence-electron chi connectivity index (χ4n) is 8.70. The number of carbonyl (C=O) groups excluding carboxylic acids is 1. The van der Waals surface area contributed by atoms with Crippen LogP contribution in [-0.2, 0) is 11.3 Å². The van der Waals surface area contributed by atoms with Crippen molar-refractivity contribution in [3.8, 4) is 0 Å². The summed E-state index contributed by atoms with van der Waals surface area (Å²) >= 11 is 0. The maximum atomic E-state index is 13.5. The molecule has 178 valence electrons. The highest BCUT2D eigenvalue weighted by atomic mass is 19.4. The van der Waals surface area contributed by atoms with Gasteiger partial charge in [0, 0.05) is 18.3 Å². The molecule has 1 heterocycles. The molecular weight excluding hydrogens is 417 g/mol. The molecule has 5 rings (SSSR count). The molecule has 0 spiro atoms. The molecule has 1 aromatic rings. The van der Waals surface area contributed by atoms with Crippen molar-refractivity contribution in [2.75, 3.05) is 0 Å². The van der Waals surface area contributed by atoms with Crippen molar-refractivity contribution in [2.24, 2.45) is 40.4 Å². The molecule has 1 N–H and O–H groups in total. The molecule has 4 aliphatic carbocycles. The minimum Gasteiger partial charge on any atom is -0.380 e. The van der Waals surface area contributed by atoms with Gasteiger partial charge in [-0.25, -0.2) is 4.98 Å². The maximum absolute atomic E-state index is 13.5. The standard InChI is InChI=1S/C25H35F3N2O2/c1-22-9-10-24(32,25(26,27)28)13-16(22)3-4-17-18-5-6-20(23(18,2)8-7-19(17)22)21(31)14-30-12-11-29-15-30/h11-12,15-20,32H,3-10,13-14H2,1-2H3/t16-,17+,18+,19+,20-,22+,23+,24-/m1/s1. The Morgan fingerprint density at radius 2 is 1.81 bits per heavy atom. The average Bonchev–Trinajstić information content (AvgIpc) is 3.34. The molecule has 0 radical (unpaired) electrons. The van der Waals surface area contributed by atoms with E-state index < -0.39 is 11.8 Å². The van der Waals surface area contributed by atoms with Crippen molar-refractivity contribution >= 4 is 5.78 Å². The monoisotopic (exact) mass is 452 g/mol. The van der Waals surface area contributed by atoms with Crippen molar-refractivity contribution in [2.45, 2.75) is 90.0 Å². The van der Waals surface area contributed by atoms with Gasteiger partial charge in [0.15, 0.2) is 11.4 Å². The smallest absolute Gasteiger partial charge is 0.380 e. The number of aromatic nitrogens is 2. The van der Waals surface area contributed by atoms with Crippen LogP contribution in [0.15, 0.2) is 18.7 Å². The van der Waals surface area contributed by atoms with E-state index in [0.29, 0.717) is 36.5 Å². The van der Waals surface area contributed by atoms with Gasteiger partial charge in [-0.1, -0.05) is 13.8 Å². The van der Waals surface area contributed by atoms with Crippen molar-refractivity contribution < 1.29 is 23.1 Å². The average molecular weight is 453 g/mol. The molecule has 4 saturated carbocycles. The number of halogens is 3. The number of ketones is 1. The lowest BCUT2D eigenvalue weighted by Crippen LogP contribution is -2.59. The molecule has 4 fully saturated rings. The van der Waals surface area contributed by atoms with Crippen molar-refractivity contribution in [1.82, 2.24) is 9.55 Å². The second-order valence-electron chi connectivity index (χ2n) is 11.8. The second kappa shape index (κ2) is 7.31. The van der Waals surface area contributed by atoms with E-state index >= 15 is 0 Å². The van der Waals surface area contributed by atoms with Crippen molar-refractivity contribution in [3.05, 3.63) is 18.7 Å². The van der Waals surface area contributed by atoms with Crippen LogP contribution in [0.25, 0.3) is 0 Å². The molecule has 0 aromatic carbocycles. The van der Waals surface area contributed by atoms with E-state index in [1.165, 1.54) is 0 Å². The van der Waals surface area contributed by atoms with Crippen LogP contribution in [-0.4, -0.2) is 32.2 Å². The zero-order chi connectivity index (χ0) is 22.9. The van der Waals surface area contributed by atoms with Crippen molar-refractivity contribution in [1.29, 1.82) is 0 Å².